The number of aromatic hydroxyl groups is 1. The molecule has 0 spiro atoms. The van der Waals surface area contributed by atoms with Gasteiger partial charge < -0.3 is 16.2 Å². The van der Waals surface area contributed by atoms with Gasteiger partial charge in [-0.3, -0.25) is 4.79 Å². The third-order valence-electron chi connectivity index (χ3n) is 2.62. The summed E-state index contributed by atoms with van der Waals surface area (Å²) in [6, 6.07) is 5.06. The monoisotopic (exact) mass is 222 g/mol. The number of amides is 1. The molecule has 0 aliphatic carbocycles. The lowest BCUT2D eigenvalue weighted by Crippen LogP contribution is -2.28. The minimum atomic E-state index is -0.177. The van der Waals surface area contributed by atoms with Crippen molar-refractivity contribution in [1.82, 2.24) is 0 Å². The van der Waals surface area contributed by atoms with E-state index in [1.807, 2.05) is 6.92 Å². The van der Waals surface area contributed by atoms with Crippen LogP contribution in [0.15, 0.2) is 18.2 Å². The summed E-state index contributed by atoms with van der Waals surface area (Å²) in [5.74, 6) is -0.102. The summed E-state index contributed by atoms with van der Waals surface area (Å²) >= 11 is 0. The highest BCUT2D eigenvalue weighted by molar-refractivity contribution is 5.92. The molecule has 88 valence electrons. The van der Waals surface area contributed by atoms with Gasteiger partial charge in [-0.1, -0.05) is 13.0 Å². The summed E-state index contributed by atoms with van der Waals surface area (Å²) < 4.78 is 0. The Morgan fingerprint density at radius 3 is 2.75 bits per heavy atom. The first-order valence-electron chi connectivity index (χ1n) is 5.39. The summed E-state index contributed by atoms with van der Waals surface area (Å²) in [5, 5.41) is 12.2. The van der Waals surface area contributed by atoms with E-state index in [0.29, 0.717) is 18.7 Å². The lowest BCUT2D eigenvalue weighted by Gasteiger charge is -2.13. The summed E-state index contributed by atoms with van der Waals surface area (Å²) in [6.07, 6.45) is 0.709. The van der Waals surface area contributed by atoms with Gasteiger partial charge in [0.2, 0.25) is 5.91 Å². The average molecular weight is 222 g/mol. The third kappa shape index (κ3) is 2.97. The van der Waals surface area contributed by atoms with Crippen molar-refractivity contribution in [3.63, 3.8) is 0 Å². The molecule has 0 heterocycles. The molecule has 0 saturated heterocycles. The van der Waals surface area contributed by atoms with Crippen LogP contribution in [-0.4, -0.2) is 17.6 Å². The van der Waals surface area contributed by atoms with Gasteiger partial charge in [0, 0.05) is 18.3 Å². The SMILES string of the molecule is CCC(CN)C(=O)Nc1ccc(C)c(O)c1. The number of nitrogens with two attached hydrogens (primary N) is 1. The van der Waals surface area contributed by atoms with Crippen molar-refractivity contribution in [2.45, 2.75) is 20.3 Å². The van der Waals surface area contributed by atoms with E-state index in [-0.39, 0.29) is 17.6 Å². The molecule has 0 fully saturated rings. The smallest absolute Gasteiger partial charge is 0.228 e. The fraction of sp³-hybridized carbons (Fsp3) is 0.417. The Balaban J connectivity index is 2.73. The van der Waals surface area contributed by atoms with Crippen LogP contribution in [0.4, 0.5) is 5.69 Å². The van der Waals surface area contributed by atoms with Gasteiger partial charge in [-0.15, -0.1) is 0 Å². The van der Waals surface area contributed by atoms with Crippen LogP contribution in [0.3, 0.4) is 0 Å². The second-order valence-electron chi connectivity index (χ2n) is 3.83. The largest absolute Gasteiger partial charge is 0.508 e. The van der Waals surface area contributed by atoms with E-state index >= 15 is 0 Å². The fourth-order valence-electron chi connectivity index (χ4n) is 1.39. The predicted octanol–water partition coefficient (Wildman–Crippen LogP) is 1.62. The summed E-state index contributed by atoms with van der Waals surface area (Å²) in [6.45, 7) is 4.06. The van der Waals surface area contributed by atoms with E-state index in [4.69, 9.17) is 5.73 Å². The Kier molecular flexibility index (Phi) is 4.31. The molecule has 1 rings (SSSR count). The Morgan fingerprint density at radius 1 is 1.56 bits per heavy atom. The highest BCUT2D eigenvalue weighted by Gasteiger charge is 2.14. The first kappa shape index (κ1) is 12.5. The fourth-order valence-corrected chi connectivity index (χ4v) is 1.39. The molecule has 4 nitrogen and oxygen atoms in total. The van der Waals surface area contributed by atoms with Gasteiger partial charge in [-0.2, -0.15) is 0 Å². The van der Waals surface area contributed by atoms with Crippen LogP contribution < -0.4 is 11.1 Å². The number of hydrogen-bond acceptors (Lipinski definition) is 3. The second kappa shape index (κ2) is 5.51. The number of phenols is 1. The summed E-state index contributed by atoms with van der Waals surface area (Å²) in [7, 11) is 0. The number of hydrogen-bond donors (Lipinski definition) is 3. The van der Waals surface area contributed by atoms with E-state index in [9.17, 15) is 9.90 Å². The molecule has 1 aromatic carbocycles. The number of carbonyl (C=O) groups is 1. The quantitative estimate of drug-likeness (QED) is 0.724. The van der Waals surface area contributed by atoms with Crippen LogP contribution in [0.25, 0.3) is 0 Å². The molecule has 1 atom stereocenters. The van der Waals surface area contributed by atoms with Crippen LogP contribution in [0.2, 0.25) is 0 Å². The minimum Gasteiger partial charge on any atom is -0.508 e. The van der Waals surface area contributed by atoms with E-state index < -0.39 is 0 Å². The Labute approximate surface area is 95.5 Å². The number of rotatable bonds is 4. The Hall–Kier alpha value is -1.55. The lowest BCUT2D eigenvalue weighted by molar-refractivity contribution is -0.119. The van der Waals surface area contributed by atoms with Crippen LogP contribution in [0.1, 0.15) is 18.9 Å². The van der Waals surface area contributed by atoms with E-state index in [1.54, 1.807) is 19.1 Å². The number of anilines is 1. The maximum Gasteiger partial charge on any atom is 0.228 e. The molecule has 0 bridgehead atoms. The minimum absolute atomic E-state index is 0.103. The molecule has 4 N–H and O–H groups in total. The molecule has 0 saturated carbocycles. The molecule has 16 heavy (non-hydrogen) atoms. The van der Waals surface area contributed by atoms with Gasteiger partial charge in [-0.25, -0.2) is 0 Å². The average Bonchev–Trinajstić information content (AvgIpc) is 2.25. The molecular weight excluding hydrogens is 204 g/mol. The summed E-state index contributed by atoms with van der Waals surface area (Å²) in [5.41, 5.74) is 6.86. The molecule has 1 aromatic rings. The topological polar surface area (TPSA) is 75.4 Å². The van der Waals surface area contributed by atoms with Crippen molar-refractivity contribution < 1.29 is 9.90 Å². The van der Waals surface area contributed by atoms with Crippen LogP contribution in [0.5, 0.6) is 5.75 Å². The zero-order valence-electron chi connectivity index (χ0n) is 9.66. The Morgan fingerprint density at radius 2 is 2.25 bits per heavy atom. The zero-order chi connectivity index (χ0) is 12.1. The molecule has 1 amide bonds. The first-order chi connectivity index (χ1) is 7.58. The molecule has 0 radical (unpaired) electrons. The second-order valence-corrected chi connectivity index (χ2v) is 3.83. The van der Waals surface area contributed by atoms with E-state index in [2.05, 4.69) is 5.32 Å². The van der Waals surface area contributed by atoms with Crippen LogP contribution >= 0.6 is 0 Å². The van der Waals surface area contributed by atoms with Crippen molar-refractivity contribution in [3.8, 4) is 5.75 Å². The van der Waals surface area contributed by atoms with Crippen molar-refractivity contribution >= 4 is 11.6 Å². The first-order valence-corrected chi connectivity index (χ1v) is 5.39. The van der Waals surface area contributed by atoms with Gasteiger partial charge in [0.15, 0.2) is 0 Å². The van der Waals surface area contributed by atoms with E-state index in [1.165, 1.54) is 6.07 Å². The lowest BCUT2D eigenvalue weighted by atomic mass is 10.1. The van der Waals surface area contributed by atoms with E-state index in [0.717, 1.165) is 5.56 Å². The number of phenolic OH excluding ortho intramolecular Hbond substituents is 1. The number of nitrogens with one attached hydrogen (secondary N) is 1. The van der Waals surface area contributed by atoms with Crippen molar-refractivity contribution in [3.05, 3.63) is 23.8 Å². The number of benzene rings is 1. The normalized spacial score (nSPS) is 12.2. The molecule has 0 aromatic heterocycles. The van der Waals surface area contributed by atoms with Gasteiger partial charge in [-0.05, 0) is 25.0 Å². The van der Waals surface area contributed by atoms with Gasteiger partial charge in [0.05, 0.1) is 5.92 Å². The predicted molar refractivity (Wildman–Crippen MR) is 64.3 cm³/mol. The molecule has 0 aliphatic heterocycles. The highest BCUT2D eigenvalue weighted by atomic mass is 16.3. The van der Waals surface area contributed by atoms with Crippen LogP contribution in [0, 0.1) is 12.8 Å². The van der Waals surface area contributed by atoms with Crippen molar-refractivity contribution in [1.29, 1.82) is 0 Å². The standard InChI is InChI=1S/C12H18N2O2/c1-3-9(7-13)12(16)14-10-5-4-8(2)11(15)6-10/h4-6,9,15H,3,7,13H2,1-2H3,(H,14,16). The molecule has 4 heteroatoms. The van der Waals surface area contributed by atoms with Gasteiger partial charge in [0.25, 0.3) is 0 Å². The number of aryl methyl sites for hydroxylation is 1. The van der Waals surface area contributed by atoms with Crippen molar-refractivity contribution in [2.24, 2.45) is 11.7 Å². The zero-order valence-corrected chi connectivity index (χ0v) is 9.66. The maximum absolute atomic E-state index is 11.7. The highest BCUT2D eigenvalue weighted by Crippen LogP contribution is 2.21. The number of carbonyl (C=O) groups excluding carboxylic acids is 1. The third-order valence-corrected chi connectivity index (χ3v) is 2.62. The van der Waals surface area contributed by atoms with Gasteiger partial charge >= 0.3 is 0 Å². The summed E-state index contributed by atoms with van der Waals surface area (Å²) in [4.78, 5) is 11.7. The van der Waals surface area contributed by atoms with Crippen molar-refractivity contribution in [2.75, 3.05) is 11.9 Å². The van der Waals surface area contributed by atoms with Gasteiger partial charge in [0.1, 0.15) is 5.75 Å². The maximum atomic E-state index is 11.7. The molecular formula is C12H18N2O2. The van der Waals surface area contributed by atoms with Crippen LogP contribution in [-0.2, 0) is 4.79 Å². The molecule has 1 unspecified atom stereocenters. The molecule has 0 aliphatic rings. The Bertz CT molecular complexity index is 373.